The quantitative estimate of drug-likeness (QED) is 0.371. The first-order valence-electron chi connectivity index (χ1n) is 13.1. The number of carbonyl (C=O) groups is 2. The van der Waals surface area contributed by atoms with Crippen LogP contribution in [-0.4, -0.2) is 54.1 Å². The second kappa shape index (κ2) is 12.2. The van der Waals surface area contributed by atoms with Gasteiger partial charge in [0.15, 0.2) is 0 Å². The molecule has 3 aromatic rings. The number of carbonyl (C=O) groups excluding carboxylic acids is 2. The van der Waals surface area contributed by atoms with E-state index >= 15 is 0 Å². The molecule has 0 N–H and O–H groups in total. The molecule has 192 valence electrons. The first kappa shape index (κ1) is 25.2. The van der Waals surface area contributed by atoms with Crippen LogP contribution in [0.2, 0.25) is 0 Å². The number of hydrogen-bond acceptors (Lipinski definition) is 5. The lowest BCUT2D eigenvalue weighted by Crippen LogP contribution is -2.45. The van der Waals surface area contributed by atoms with E-state index in [1.165, 1.54) is 10.5 Å². The third-order valence-corrected chi connectivity index (χ3v) is 7.34. The summed E-state index contributed by atoms with van der Waals surface area (Å²) in [7, 11) is 0. The van der Waals surface area contributed by atoms with Crippen LogP contribution < -0.4 is 0 Å². The van der Waals surface area contributed by atoms with Gasteiger partial charge in [0.1, 0.15) is 6.61 Å². The van der Waals surface area contributed by atoms with Gasteiger partial charge in [0.2, 0.25) is 5.91 Å². The number of imide groups is 1. The van der Waals surface area contributed by atoms with E-state index in [2.05, 4.69) is 29.2 Å². The van der Waals surface area contributed by atoms with Crippen LogP contribution in [0.5, 0.6) is 0 Å². The van der Waals surface area contributed by atoms with Crippen LogP contribution >= 0.6 is 0 Å². The molecule has 2 heterocycles. The van der Waals surface area contributed by atoms with Gasteiger partial charge in [-0.2, -0.15) is 0 Å². The van der Waals surface area contributed by atoms with Gasteiger partial charge < -0.3 is 9.47 Å². The lowest BCUT2D eigenvalue weighted by atomic mass is 9.91. The van der Waals surface area contributed by atoms with Crippen molar-refractivity contribution in [1.29, 1.82) is 0 Å². The van der Waals surface area contributed by atoms with Crippen molar-refractivity contribution < 1.29 is 19.1 Å². The summed E-state index contributed by atoms with van der Waals surface area (Å²) in [5, 5.41) is 0. The van der Waals surface area contributed by atoms with Gasteiger partial charge in [0.05, 0.1) is 18.6 Å². The maximum Gasteiger partial charge on any atom is 0.416 e. The Labute approximate surface area is 218 Å². The Morgan fingerprint density at radius 3 is 2.14 bits per heavy atom. The first-order valence-corrected chi connectivity index (χ1v) is 13.1. The summed E-state index contributed by atoms with van der Waals surface area (Å²) in [6.45, 7) is 3.57. The number of ether oxygens (including phenoxy) is 2. The number of amides is 2. The van der Waals surface area contributed by atoms with Crippen molar-refractivity contribution in [3.8, 4) is 0 Å². The van der Waals surface area contributed by atoms with E-state index in [9.17, 15) is 9.59 Å². The van der Waals surface area contributed by atoms with Crippen LogP contribution in [0.15, 0.2) is 91.0 Å². The average Bonchev–Trinajstić information content (AvgIpc) is 3.50. The molecule has 2 saturated heterocycles. The number of cyclic esters (lactones) is 1. The second-order valence-electron chi connectivity index (χ2n) is 10.0. The highest BCUT2D eigenvalue weighted by Crippen LogP contribution is 2.32. The van der Waals surface area contributed by atoms with Crippen molar-refractivity contribution in [3.63, 3.8) is 0 Å². The number of rotatable bonds is 10. The van der Waals surface area contributed by atoms with Gasteiger partial charge in [-0.3, -0.25) is 9.69 Å². The smallest absolute Gasteiger partial charge is 0.416 e. The molecular weight excluding hydrogens is 464 g/mol. The van der Waals surface area contributed by atoms with Gasteiger partial charge >= 0.3 is 6.09 Å². The van der Waals surface area contributed by atoms with Gasteiger partial charge in [0, 0.05) is 26.2 Å². The molecule has 2 aliphatic rings. The van der Waals surface area contributed by atoms with Crippen molar-refractivity contribution in [2.45, 2.75) is 32.0 Å². The van der Waals surface area contributed by atoms with E-state index in [0.717, 1.165) is 30.6 Å². The van der Waals surface area contributed by atoms with Crippen LogP contribution in [0.3, 0.4) is 0 Å². The van der Waals surface area contributed by atoms with Gasteiger partial charge in [-0.25, -0.2) is 9.69 Å². The monoisotopic (exact) mass is 498 g/mol. The van der Waals surface area contributed by atoms with Gasteiger partial charge in [0.25, 0.3) is 0 Å². The summed E-state index contributed by atoms with van der Waals surface area (Å²) in [6, 6.07) is 30.1. The number of likely N-dealkylation sites (tertiary alicyclic amines) is 1. The molecule has 0 aliphatic carbocycles. The Balaban J connectivity index is 1.26. The van der Waals surface area contributed by atoms with Crippen LogP contribution in [0, 0.1) is 11.8 Å². The summed E-state index contributed by atoms with van der Waals surface area (Å²) >= 11 is 0. The van der Waals surface area contributed by atoms with Crippen LogP contribution in [0.25, 0.3) is 0 Å². The minimum Gasteiger partial charge on any atom is -0.447 e. The van der Waals surface area contributed by atoms with Crippen molar-refractivity contribution in [2.24, 2.45) is 11.8 Å². The van der Waals surface area contributed by atoms with Gasteiger partial charge in [-0.15, -0.1) is 0 Å². The SMILES string of the molecule is O=C1OC[C@H](Cc2ccccc2)N1C(=O)C1CN(Cc2ccccc2)CC1CCOCc1ccccc1. The summed E-state index contributed by atoms with van der Waals surface area (Å²) in [5.41, 5.74) is 3.44. The molecule has 5 rings (SSSR count). The Morgan fingerprint density at radius 2 is 1.46 bits per heavy atom. The van der Waals surface area contributed by atoms with Crippen LogP contribution in [0.4, 0.5) is 4.79 Å². The maximum atomic E-state index is 13.9. The molecule has 2 amide bonds. The third-order valence-electron chi connectivity index (χ3n) is 7.34. The Hall–Kier alpha value is -3.48. The molecule has 2 aliphatic heterocycles. The third kappa shape index (κ3) is 6.45. The highest BCUT2D eigenvalue weighted by molar-refractivity contribution is 5.95. The predicted octanol–water partition coefficient (Wildman–Crippen LogP) is 4.93. The lowest BCUT2D eigenvalue weighted by Gasteiger charge is -2.25. The minimum absolute atomic E-state index is 0.109. The van der Waals surface area contributed by atoms with E-state index in [4.69, 9.17) is 9.47 Å². The molecular formula is C31H34N2O4. The topological polar surface area (TPSA) is 59.1 Å². The molecule has 2 fully saturated rings. The Kier molecular flexibility index (Phi) is 8.28. The Morgan fingerprint density at radius 1 is 0.838 bits per heavy atom. The minimum atomic E-state index is -0.522. The van der Waals surface area contributed by atoms with Crippen molar-refractivity contribution in [3.05, 3.63) is 108 Å². The largest absolute Gasteiger partial charge is 0.447 e. The van der Waals surface area contributed by atoms with E-state index in [-0.39, 0.29) is 30.4 Å². The molecule has 0 saturated carbocycles. The van der Waals surface area contributed by atoms with Gasteiger partial charge in [-0.1, -0.05) is 91.0 Å². The lowest BCUT2D eigenvalue weighted by molar-refractivity contribution is -0.134. The fourth-order valence-corrected chi connectivity index (χ4v) is 5.45. The van der Waals surface area contributed by atoms with E-state index in [1.807, 2.05) is 66.7 Å². The zero-order chi connectivity index (χ0) is 25.5. The molecule has 0 bridgehead atoms. The fourth-order valence-electron chi connectivity index (χ4n) is 5.45. The second-order valence-corrected chi connectivity index (χ2v) is 10.0. The molecule has 3 aromatic carbocycles. The molecule has 2 unspecified atom stereocenters. The van der Waals surface area contributed by atoms with Crippen molar-refractivity contribution in [1.82, 2.24) is 9.80 Å². The average molecular weight is 499 g/mol. The number of hydrogen-bond donors (Lipinski definition) is 0. The summed E-state index contributed by atoms with van der Waals surface area (Å²) in [4.78, 5) is 30.3. The summed E-state index contributed by atoms with van der Waals surface area (Å²) in [5.74, 6) is -0.280. The maximum absolute atomic E-state index is 13.9. The van der Waals surface area contributed by atoms with E-state index in [1.54, 1.807) is 0 Å². The van der Waals surface area contributed by atoms with Crippen molar-refractivity contribution in [2.75, 3.05) is 26.3 Å². The fraction of sp³-hybridized carbons (Fsp3) is 0.355. The predicted molar refractivity (Wildman–Crippen MR) is 142 cm³/mol. The Bertz CT molecular complexity index is 1160. The number of benzene rings is 3. The molecule has 6 heteroatoms. The van der Waals surface area contributed by atoms with E-state index in [0.29, 0.717) is 26.2 Å². The molecule has 0 aromatic heterocycles. The van der Waals surface area contributed by atoms with E-state index < -0.39 is 6.09 Å². The van der Waals surface area contributed by atoms with Crippen LogP contribution in [0.1, 0.15) is 23.1 Å². The zero-order valence-electron chi connectivity index (χ0n) is 21.1. The molecule has 0 spiro atoms. The number of nitrogens with zero attached hydrogens (tertiary/aromatic N) is 2. The molecule has 37 heavy (non-hydrogen) atoms. The first-order chi connectivity index (χ1) is 18.2. The van der Waals surface area contributed by atoms with Gasteiger partial charge in [-0.05, 0) is 35.4 Å². The summed E-state index contributed by atoms with van der Waals surface area (Å²) in [6.07, 6.45) is 0.844. The highest BCUT2D eigenvalue weighted by Gasteiger charge is 2.46. The van der Waals surface area contributed by atoms with Crippen molar-refractivity contribution >= 4 is 12.0 Å². The normalized spacial score (nSPS) is 21.8. The van der Waals surface area contributed by atoms with Crippen LogP contribution in [-0.2, 0) is 33.8 Å². The highest BCUT2D eigenvalue weighted by atomic mass is 16.6. The molecule has 3 atom stereocenters. The zero-order valence-corrected chi connectivity index (χ0v) is 21.1. The summed E-state index contributed by atoms with van der Waals surface area (Å²) < 4.78 is 11.3. The standard InChI is InChI=1S/C31H34N2O4/c34-30(33-28(23-37-31(33)35)18-24-10-4-1-5-11-24)29-21-32(19-25-12-6-2-7-13-25)20-27(29)16-17-36-22-26-14-8-3-9-15-26/h1-15,27-29H,16-23H2/t27?,28-,29?/m0/s1. The molecule has 6 nitrogen and oxygen atoms in total. The molecule has 0 radical (unpaired) electrons.